The van der Waals surface area contributed by atoms with Crippen molar-refractivity contribution in [2.75, 3.05) is 0 Å². The predicted octanol–water partition coefficient (Wildman–Crippen LogP) is 2.71. The van der Waals surface area contributed by atoms with Crippen LogP contribution < -0.4 is 0 Å². The second-order valence-electron chi connectivity index (χ2n) is 4.30. The number of halogens is 1. The first-order valence-corrected chi connectivity index (χ1v) is 6.15. The normalized spacial score (nSPS) is 13.6. The van der Waals surface area contributed by atoms with Gasteiger partial charge in [0.15, 0.2) is 5.69 Å². The number of para-hydroxylation sites is 1. The molecule has 0 amide bonds. The molecule has 0 atom stereocenters. The van der Waals surface area contributed by atoms with Crippen molar-refractivity contribution in [3.05, 3.63) is 46.2 Å². The zero-order valence-corrected chi connectivity index (χ0v) is 10.3. The monoisotopic (exact) mass is 262 g/mol. The number of hydrogen-bond acceptors (Lipinski definition) is 2. The van der Waals surface area contributed by atoms with E-state index in [0.29, 0.717) is 5.02 Å². The number of carboxylic acids is 1. The van der Waals surface area contributed by atoms with Gasteiger partial charge in [0.25, 0.3) is 0 Å². The van der Waals surface area contributed by atoms with E-state index in [4.69, 9.17) is 16.7 Å². The van der Waals surface area contributed by atoms with Crippen molar-refractivity contribution < 1.29 is 9.90 Å². The molecule has 0 aliphatic heterocycles. The highest BCUT2D eigenvalue weighted by Crippen LogP contribution is 2.30. The molecule has 0 fully saturated rings. The SMILES string of the molecule is O=C(O)c1nn(-c2ccccc2Cl)c2c1CCC2. The van der Waals surface area contributed by atoms with Crippen molar-refractivity contribution in [3.8, 4) is 5.69 Å². The molecule has 1 aromatic carbocycles. The fraction of sp³-hybridized carbons (Fsp3) is 0.231. The smallest absolute Gasteiger partial charge is 0.356 e. The van der Waals surface area contributed by atoms with E-state index in [9.17, 15) is 4.79 Å². The molecule has 2 aromatic rings. The number of carboxylic acid groups (broad SMARTS) is 1. The average molecular weight is 263 g/mol. The van der Waals surface area contributed by atoms with Crippen LogP contribution in [-0.4, -0.2) is 20.9 Å². The van der Waals surface area contributed by atoms with Crippen LogP contribution in [0.1, 0.15) is 28.2 Å². The van der Waals surface area contributed by atoms with Gasteiger partial charge in [0, 0.05) is 11.3 Å². The zero-order valence-electron chi connectivity index (χ0n) is 9.56. The number of aromatic nitrogens is 2. The highest BCUT2D eigenvalue weighted by Gasteiger charge is 2.27. The summed E-state index contributed by atoms with van der Waals surface area (Å²) in [5, 5.41) is 13.9. The summed E-state index contributed by atoms with van der Waals surface area (Å²) in [7, 11) is 0. The van der Waals surface area contributed by atoms with E-state index >= 15 is 0 Å². The number of nitrogens with zero attached hydrogens (tertiary/aromatic N) is 2. The van der Waals surface area contributed by atoms with E-state index in [1.165, 1.54) is 0 Å². The van der Waals surface area contributed by atoms with Gasteiger partial charge >= 0.3 is 5.97 Å². The van der Waals surface area contributed by atoms with Crippen molar-refractivity contribution in [2.45, 2.75) is 19.3 Å². The Balaban J connectivity index is 2.23. The van der Waals surface area contributed by atoms with Crippen LogP contribution in [0.3, 0.4) is 0 Å². The third-order valence-electron chi connectivity index (χ3n) is 3.21. The minimum atomic E-state index is -0.973. The van der Waals surface area contributed by atoms with Gasteiger partial charge in [-0.05, 0) is 31.4 Å². The lowest BCUT2D eigenvalue weighted by Crippen LogP contribution is -2.04. The molecular formula is C13H11ClN2O2. The van der Waals surface area contributed by atoms with E-state index < -0.39 is 5.97 Å². The quantitative estimate of drug-likeness (QED) is 0.905. The summed E-state index contributed by atoms with van der Waals surface area (Å²) in [6.45, 7) is 0. The summed E-state index contributed by atoms with van der Waals surface area (Å²) in [6.07, 6.45) is 2.60. The van der Waals surface area contributed by atoms with Crippen molar-refractivity contribution in [1.29, 1.82) is 0 Å². The predicted molar refractivity (Wildman–Crippen MR) is 67.6 cm³/mol. The standard InChI is InChI=1S/C13H11ClN2O2/c14-9-5-1-2-6-11(9)16-10-7-3-4-8(10)12(15-16)13(17)18/h1-2,5-6H,3-4,7H2,(H,17,18). The van der Waals surface area contributed by atoms with Gasteiger partial charge in [-0.25, -0.2) is 9.48 Å². The molecule has 5 heteroatoms. The molecule has 18 heavy (non-hydrogen) atoms. The van der Waals surface area contributed by atoms with Crippen LogP contribution in [0.25, 0.3) is 5.69 Å². The molecule has 0 saturated carbocycles. The molecule has 1 N–H and O–H groups in total. The summed E-state index contributed by atoms with van der Waals surface area (Å²) in [5.74, 6) is -0.973. The van der Waals surface area contributed by atoms with Crippen LogP contribution in [0.5, 0.6) is 0 Å². The molecule has 1 aliphatic carbocycles. The molecule has 0 spiro atoms. The Labute approximate surface area is 109 Å². The highest BCUT2D eigenvalue weighted by atomic mass is 35.5. The number of carbonyl (C=O) groups is 1. The lowest BCUT2D eigenvalue weighted by atomic mass is 10.2. The number of rotatable bonds is 2. The Morgan fingerprint density at radius 2 is 2.11 bits per heavy atom. The maximum Gasteiger partial charge on any atom is 0.356 e. The van der Waals surface area contributed by atoms with Crippen LogP contribution in [0.2, 0.25) is 5.02 Å². The molecule has 4 nitrogen and oxygen atoms in total. The van der Waals surface area contributed by atoms with Crippen LogP contribution >= 0.6 is 11.6 Å². The zero-order chi connectivity index (χ0) is 12.7. The molecular weight excluding hydrogens is 252 g/mol. The molecule has 0 unspecified atom stereocenters. The number of benzene rings is 1. The Kier molecular flexibility index (Phi) is 2.59. The number of hydrogen-bond donors (Lipinski definition) is 1. The molecule has 92 valence electrons. The summed E-state index contributed by atoms with van der Waals surface area (Å²) in [5.41, 5.74) is 2.72. The summed E-state index contributed by atoms with van der Waals surface area (Å²) >= 11 is 6.14. The molecule has 0 bridgehead atoms. The second-order valence-corrected chi connectivity index (χ2v) is 4.70. The lowest BCUT2D eigenvalue weighted by Gasteiger charge is -2.06. The molecule has 0 saturated heterocycles. The fourth-order valence-electron chi connectivity index (χ4n) is 2.43. The van der Waals surface area contributed by atoms with Crippen LogP contribution in [-0.2, 0) is 12.8 Å². The van der Waals surface area contributed by atoms with E-state index in [-0.39, 0.29) is 5.69 Å². The minimum absolute atomic E-state index is 0.155. The van der Waals surface area contributed by atoms with Gasteiger partial charge in [-0.1, -0.05) is 23.7 Å². The first-order valence-electron chi connectivity index (χ1n) is 5.77. The summed E-state index contributed by atoms with van der Waals surface area (Å²) in [6, 6.07) is 7.33. The van der Waals surface area contributed by atoms with Gasteiger partial charge in [0.2, 0.25) is 0 Å². The Hall–Kier alpha value is -1.81. The van der Waals surface area contributed by atoms with E-state index in [1.54, 1.807) is 10.7 Å². The molecule has 3 rings (SSSR count). The van der Waals surface area contributed by atoms with Crippen LogP contribution in [0, 0.1) is 0 Å². The van der Waals surface area contributed by atoms with Crippen LogP contribution in [0.4, 0.5) is 0 Å². The maximum atomic E-state index is 11.2. The van der Waals surface area contributed by atoms with Crippen LogP contribution in [0.15, 0.2) is 24.3 Å². The largest absolute Gasteiger partial charge is 0.476 e. The van der Waals surface area contributed by atoms with Gasteiger partial charge in [-0.3, -0.25) is 0 Å². The number of fused-ring (bicyclic) bond motifs is 1. The minimum Gasteiger partial charge on any atom is -0.476 e. The lowest BCUT2D eigenvalue weighted by molar-refractivity contribution is 0.0689. The van der Waals surface area contributed by atoms with E-state index in [1.807, 2.05) is 18.2 Å². The average Bonchev–Trinajstić information content (AvgIpc) is 2.90. The van der Waals surface area contributed by atoms with Gasteiger partial charge < -0.3 is 5.11 Å². The van der Waals surface area contributed by atoms with E-state index in [2.05, 4.69) is 5.10 Å². The van der Waals surface area contributed by atoms with Gasteiger partial charge in [-0.2, -0.15) is 5.10 Å². The third kappa shape index (κ3) is 1.61. The van der Waals surface area contributed by atoms with Crippen molar-refractivity contribution in [2.24, 2.45) is 0 Å². The Morgan fingerprint density at radius 1 is 1.33 bits per heavy atom. The van der Waals surface area contributed by atoms with Crippen molar-refractivity contribution >= 4 is 17.6 Å². The van der Waals surface area contributed by atoms with E-state index in [0.717, 1.165) is 36.2 Å². The van der Waals surface area contributed by atoms with Crippen molar-refractivity contribution in [3.63, 3.8) is 0 Å². The molecule has 1 aliphatic rings. The Bertz CT molecular complexity index is 634. The topological polar surface area (TPSA) is 55.1 Å². The van der Waals surface area contributed by atoms with Gasteiger partial charge in [0.1, 0.15) is 0 Å². The molecule has 0 radical (unpaired) electrons. The highest BCUT2D eigenvalue weighted by molar-refractivity contribution is 6.32. The van der Waals surface area contributed by atoms with Crippen molar-refractivity contribution in [1.82, 2.24) is 9.78 Å². The Morgan fingerprint density at radius 3 is 2.83 bits per heavy atom. The second kappa shape index (κ2) is 4.14. The maximum absolute atomic E-state index is 11.2. The summed E-state index contributed by atoms with van der Waals surface area (Å²) < 4.78 is 1.67. The number of aromatic carboxylic acids is 1. The summed E-state index contributed by atoms with van der Waals surface area (Å²) in [4.78, 5) is 11.2. The fourth-order valence-corrected chi connectivity index (χ4v) is 2.65. The third-order valence-corrected chi connectivity index (χ3v) is 3.53. The van der Waals surface area contributed by atoms with Gasteiger partial charge in [0.05, 0.1) is 10.7 Å². The first-order chi connectivity index (χ1) is 8.68. The molecule has 1 aromatic heterocycles. The first kappa shape index (κ1) is 11.3. The van der Waals surface area contributed by atoms with Gasteiger partial charge in [-0.15, -0.1) is 0 Å². The molecule has 1 heterocycles.